The number of carbonyl (C=O) groups excluding carboxylic acids is 2. The molecule has 0 bridgehead atoms. The summed E-state index contributed by atoms with van der Waals surface area (Å²) in [5.74, 6) is -2.04. The van der Waals surface area contributed by atoms with Crippen LogP contribution in [0.25, 0.3) is 6.08 Å². The van der Waals surface area contributed by atoms with E-state index in [-0.39, 0.29) is 38.8 Å². The number of nitriles is 1. The Hall–Kier alpha value is -3.77. The topological polar surface area (TPSA) is 82.4 Å². The number of hydrogen-bond donors (Lipinski definition) is 1. The summed E-state index contributed by atoms with van der Waals surface area (Å²) in [6.45, 7) is 0.0551. The molecule has 0 spiro atoms. The van der Waals surface area contributed by atoms with Crippen LogP contribution in [-0.4, -0.2) is 16.9 Å². The molecular weight excluding hydrogens is 512 g/mol. The first-order chi connectivity index (χ1) is 16.8. The van der Waals surface area contributed by atoms with Crippen LogP contribution in [0.5, 0.6) is 5.75 Å². The molecular formula is C25H14Cl2FN3O3S. The van der Waals surface area contributed by atoms with Crippen LogP contribution in [0.1, 0.15) is 16.7 Å². The lowest BCUT2D eigenvalue weighted by Gasteiger charge is -2.29. The molecule has 10 heteroatoms. The van der Waals surface area contributed by atoms with E-state index in [1.54, 1.807) is 30.3 Å². The van der Waals surface area contributed by atoms with Crippen molar-refractivity contribution in [2.75, 3.05) is 4.90 Å². The van der Waals surface area contributed by atoms with Gasteiger partial charge in [-0.15, -0.1) is 0 Å². The second-order valence-electron chi connectivity index (χ2n) is 7.28. The fourth-order valence-corrected chi connectivity index (χ4v) is 4.27. The Labute approximate surface area is 215 Å². The van der Waals surface area contributed by atoms with Crippen LogP contribution in [0.15, 0.2) is 66.2 Å². The van der Waals surface area contributed by atoms with E-state index in [0.29, 0.717) is 16.7 Å². The number of benzene rings is 3. The molecule has 0 aliphatic carbocycles. The number of ether oxygens (including phenoxy) is 1. The highest BCUT2D eigenvalue weighted by atomic mass is 35.5. The van der Waals surface area contributed by atoms with Crippen molar-refractivity contribution in [3.8, 4) is 11.8 Å². The standard InChI is InChI=1S/C25H14Cl2FN3O3S/c26-18-10-14(11-19(27)22(18)34-13-16-6-2-1-5-15(16)12-29)9-17-23(32)30-25(35)31(24(17)33)21-8-4-3-7-20(21)28/h1-11H,13H2,(H,30,32,35)/b17-9+. The summed E-state index contributed by atoms with van der Waals surface area (Å²) in [5.41, 5.74) is 1.07. The number of carbonyl (C=O) groups is 2. The lowest BCUT2D eigenvalue weighted by molar-refractivity contribution is -0.122. The van der Waals surface area contributed by atoms with Crippen LogP contribution in [0.2, 0.25) is 10.0 Å². The Morgan fingerprint density at radius 2 is 1.74 bits per heavy atom. The quantitative estimate of drug-likeness (QED) is 0.273. The number of amides is 2. The molecule has 1 saturated heterocycles. The predicted molar refractivity (Wildman–Crippen MR) is 135 cm³/mol. The molecule has 4 rings (SSSR count). The van der Waals surface area contributed by atoms with Crippen molar-refractivity contribution in [3.63, 3.8) is 0 Å². The molecule has 1 heterocycles. The Balaban J connectivity index is 1.63. The van der Waals surface area contributed by atoms with Gasteiger partial charge in [-0.1, -0.05) is 53.5 Å². The molecule has 2 amide bonds. The number of anilines is 1. The van der Waals surface area contributed by atoms with E-state index < -0.39 is 17.6 Å². The molecule has 6 nitrogen and oxygen atoms in total. The molecule has 174 valence electrons. The maximum absolute atomic E-state index is 14.3. The molecule has 3 aromatic rings. The zero-order valence-electron chi connectivity index (χ0n) is 17.7. The third-order valence-corrected chi connectivity index (χ3v) is 5.88. The van der Waals surface area contributed by atoms with E-state index >= 15 is 0 Å². The van der Waals surface area contributed by atoms with Gasteiger partial charge in [-0.25, -0.2) is 9.29 Å². The van der Waals surface area contributed by atoms with Crippen molar-refractivity contribution in [2.24, 2.45) is 0 Å². The molecule has 0 atom stereocenters. The summed E-state index contributed by atoms with van der Waals surface area (Å²) in [5, 5.41) is 11.6. The minimum atomic E-state index is -0.801. The minimum absolute atomic E-state index is 0.0551. The molecule has 0 radical (unpaired) electrons. The van der Waals surface area contributed by atoms with Gasteiger partial charge in [0.15, 0.2) is 10.9 Å². The number of halogens is 3. The Morgan fingerprint density at radius 1 is 1.09 bits per heavy atom. The van der Waals surface area contributed by atoms with Crippen molar-refractivity contribution in [1.82, 2.24) is 5.32 Å². The van der Waals surface area contributed by atoms with Gasteiger partial charge in [-0.05, 0) is 54.2 Å². The summed E-state index contributed by atoms with van der Waals surface area (Å²) >= 11 is 17.8. The highest BCUT2D eigenvalue weighted by Gasteiger charge is 2.35. The molecule has 0 saturated carbocycles. The average molecular weight is 526 g/mol. The molecule has 1 fully saturated rings. The van der Waals surface area contributed by atoms with Crippen LogP contribution in [0.4, 0.5) is 10.1 Å². The first-order valence-corrected chi connectivity index (χ1v) is 11.2. The van der Waals surface area contributed by atoms with Gasteiger partial charge in [-0.2, -0.15) is 5.26 Å². The summed E-state index contributed by atoms with van der Waals surface area (Å²) in [7, 11) is 0. The van der Waals surface area contributed by atoms with Crippen LogP contribution < -0.4 is 15.0 Å². The molecule has 0 unspecified atom stereocenters. The number of hydrogen-bond acceptors (Lipinski definition) is 5. The molecule has 3 aromatic carbocycles. The SMILES string of the molecule is N#Cc1ccccc1COc1c(Cl)cc(/C=C2\C(=O)NC(=S)N(c3ccccc3F)C2=O)cc1Cl. The number of nitrogens with one attached hydrogen (secondary N) is 1. The predicted octanol–water partition coefficient (Wildman–Crippen LogP) is 5.41. The third-order valence-electron chi connectivity index (χ3n) is 5.04. The van der Waals surface area contributed by atoms with Crippen molar-refractivity contribution in [1.29, 1.82) is 5.26 Å². The largest absolute Gasteiger partial charge is 0.486 e. The maximum Gasteiger partial charge on any atom is 0.270 e. The first kappa shape index (κ1) is 24.4. The molecule has 1 aliphatic rings. The molecule has 35 heavy (non-hydrogen) atoms. The van der Waals surface area contributed by atoms with Gasteiger partial charge in [0.25, 0.3) is 11.8 Å². The van der Waals surface area contributed by atoms with E-state index in [4.69, 9.17) is 40.2 Å². The van der Waals surface area contributed by atoms with Crippen LogP contribution >= 0.6 is 35.4 Å². The van der Waals surface area contributed by atoms with Gasteiger partial charge in [0.2, 0.25) is 0 Å². The lowest BCUT2D eigenvalue weighted by Crippen LogP contribution is -2.54. The number of nitrogens with zero attached hydrogens (tertiary/aromatic N) is 2. The van der Waals surface area contributed by atoms with Crippen molar-refractivity contribution in [3.05, 3.63) is 98.8 Å². The average Bonchev–Trinajstić information content (AvgIpc) is 2.82. The van der Waals surface area contributed by atoms with Gasteiger partial charge in [-0.3, -0.25) is 14.9 Å². The van der Waals surface area contributed by atoms with Crippen LogP contribution in [0, 0.1) is 17.1 Å². The maximum atomic E-state index is 14.3. The number of rotatable bonds is 5. The molecule has 1 aliphatic heterocycles. The summed E-state index contributed by atoms with van der Waals surface area (Å²) < 4.78 is 20.0. The lowest BCUT2D eigenvalue weighted by atomic mass is 10.1. The van der Waals surface area contributed by atoms with E-state index in [0.717, 1.165) is 4.90 Å². The minimum Gasteiger partial charge on any atom is -0.486 e. The highest BCUT2D eigenvalue weighted by molar-refractivity contribution is 7.80. The highest BCUT2D eigenvalue weighted by Crippen LogP contribution is 2.36. The third kappa shape index (κ3) is 5.03. The van der Waals surface area contributed by atoms with Crippen molar-refractivity contribution >= 4 is 64.1 Å². The smallest absolute Gasteiger partial charge is 0.270 e. The fraction of sp³-hybridized carbons (Fsp3) is 0.0400. The monoisotopic (exact) mass is 525 g/mol. The second-order valence-corrected chi connectivity index (χ2v) is 8.48. The van der Waals surface area contributed by atoms with Gasteiger partial charge < -0.3 is 4.74 Å². The van der Waals surface area contributed by atoms with Gasteiger partial charge in [0.05, 0.1) is 27.4 Å². The van der Waals surface area contributed by atoms with E-state index in [1.165, 1.54) is 36.4 Å². The van der Waals surface area contributed by atoms with E-state index in [9.17, 15) is 19.2 Å². The Morgan fingerprint density at radius 3 is 2.43 bits per heavy atom. The van der Waals surface area contributed by atoms with Crippen LogP contribution in [-0.2, 0) is 16.2 Å². The molecule has 1 N–H and O–H groups in total. The zero-order chi connectivity index (χ0) is 25.1. The number of thiocarbonyl (C=S) groups is 1. The van der Waals surface area contributed by atoms with E-state index in [2.05, 4.69) is 11.4 Å². The Kier molecular flexibility index (Phi) is 7.12. The van der Waals surface area contributed by atoms with Gasteiger partial charge >= 0.3 is 0 Å². The fourth-order valence-electron chi connectivity index (χ4n) is 3.38. The summed E-state index contributed by atoms with van der Waals surface area (Å²) in [6.07, 6.45) is 1.28. The zero-order valence-corrected chi connectivity index (χ0v) is 20.0. The van der Waals surface area contributed by atoms with Crippen molar-refractivity contribution < 1.29 is 18.7 Å². The molecule has 0 aromatic heterocycles. The normalized spacial score (nSPS) is 14.6. The van der Waals surface area contributed by atoms with Crippen LogP contribution in [0.3, 0.4) is 0 Å². The summed E-state index contributed by atoms with van der Waals surface area (Å²) in [4.78, 5) is 26.5. The first-order valence-electron chi connectivity index (χ1n) is 10.1. The van der Waals surface area contributed by atoms with Crippen molar-refractivity contribution in [2.45, 2.75) is 6.61 Å². The number of para-hydroxylation sites is 1. The van der Waals surface area contributed by atoms with Gasteiger partial charge in [0.1, 0.15) is 18.0 Å². The van der Waals surface area contributed by atoms with E-state index in [1.807, 2.05) is 0 Å². The Bertz CT molecular complexity index is 1430. The van der Waals surface area contributed by atoms with Gasteiger partial charge in [0, 0.05) is 5.56 Å². The summed E-state index contributed by atoms with van der Waals surface area (Å²) in [6, 6.07) is 17.5. The second kappa shape index (κ2) is 10.2.